The van der Waals surface area contributed by atoms with Gasteiger partial charge in [0.1, 0.15) is 12.4 Å². The molecule has 1 heterocycles. The molecule has 0 unspecified atom stereocenters. The molecule has 1 aromatic carbocycles. The van der Waals surface area contributed by atoms with Gasteiger partial charge in [0.15, 0.2) is 0 Å². The number of benzene rings is 1. The van der Waals surface area contributed by atoms with E-state index in [1.807, 2.05) is 0 Å². The van der Waals surface area contributed by atoms with Crippen molar-refractivity contribution in [1.29, 1.82) is 0 Å². The summed E-state index contributed by atoms with van der Waals surface area (Å²) in [6.07, 6.45) is 1.34. The van der Waals surface area contributed by atoms with E-state index in [1.54, 1.807) is 0 Å². The number of carbonyl (C=O) groups is 1. The first-order valence-electron chi connectivity index (χ1n) is 5.66. The summed E-state index contributed by atoms with van der Waals surface area (Å²) >= 11 is 5.72. The third-order valence-electron chi connectivity index (χ3n) is 2.52. The maximum Gasteiger partial charge on any atom is 0.251 e. The molecule has 0 saturated carbocycles. The van der Waals surface area contributed by atoms with Crippen molar-refractivity contribution in [3.05, 3.63) is 57.7 Å². The van der Waals surface area contributed by atoms with Gasteiger partial charge >= 0.3 is 0 Å². The molecule has 3 N–H and O–H groups in total. The van der Waals surface area contributed by atoms with Gasteiger partial charge in [-0.3, -0.25) is 9.59 Å². The standard InChI is InChI=1S/C13H11ClFN3O2/c14-8-1-3-10(15)11(5-8)17-12(19)7-18-6-9(16)2-4-13(18)20/h1-6H,7,16H2,(H,17,19). The van der Waals surface area contributed by atoms with Gasteiger partial charge in [0.25, 0.3) is 5.56 Å². The highest BCUT2D eigenvalue weighted by Crippen LogP contribution is 2.19. The van der Waals surface area contributed by atoms with Crippen molar-refractivity contribution in [3.63, 3.8) is 0 Å². The highest BCUT2D eigenvalue weighted by molar-refractivity contribution is 6.30. The third kappa shape index (κ3) is 3.36. The minimum absolute atomic E-state index is 0.0422. The van der Waals surface area contributed by atoms with Crippen LogP contribution in [0.5, 0.6) is 0 Å². The largest absolute Gasteiger partial charge is 0.398 e. The molecular formula is C13H11ClFN3O2. The number of nitrogens with one attached hydrogen (secondary N) is 1. The Hall–Kier alpha value is -2.34. The van der Waals surface area contributed by atoms with E-state index in [4.69, 9.17) is 17.3 Å². The van der Waals surface area contributed by atoms with Crippen molar-refractivity contribution >= 4 is 28.9 Å². The molecule has 1 amide bonds. The molecule has 0 aliphatic carbocycles. The number of nitrogen functional groups attached to an aromatic ring is 1. The summed E-state index contributed by atoms with van der Waals surface area (Å²) in [5, 5.41) is 2.64. The molecule has 2 aromatic rings. The Morgan fingerprint density at radius 1 is 1.35 bits per heavy atom. The lowest BCUT2D eigenvalue weighted by Crippen LogP contribution is -2.27. The van der Waals surface area contributed by atoms with E-state index < -0.39 is 11.7 Å². The van der Waals surface area contributed by atoms with Gasteiger partial charge < -0.3 is 15.6 Å². The van der Waals surface area contributed by atoms with Crippen LogP contribution in [-0.4, -0.2) is 10.5 Å². The first-order chi connectivity index (χ1) is 9.45. The lowest BCUT2D eigenvalue weighted by Gasteiger charge is -2.09. The molecule has 0 aliphatic rings. The minimum atomic E-state index is -0.609. The van der Waals surface area contributed by atoms with Crippen LogP contribution in [0.25, 0.3) is 0 Å². The number of hydrogen-bond acceptors (Lipinski definition) is 3. The molecule has 0 radical (unpaired) electrons. The summed E-state index contributed by atoms with van der Waals surface area (Å²) in [7, 11) is 0. The van der Waals surface area contributed by atoms with E-state index in [0.29, 0.717) is 10.7 Å². The van der Waals surface area contributed by atoms with Crippen LogP contribution in [0, 0.1) is 5.82 Å². The lowest BCUT2D eigenvalue weighted by atomic mass is 10.3. The average Bonchev–Trinajstić information content (AvgIpc) is 2.38. The number of amides is 1. The quantitative estimate of drug-likeness (QED) is 0.907. The molecule has 0 atom stereocenters. The number of anilines is 2. The zero-order chi connectivity index (χ0) is 14.7. The summed E-state index contributed by atoms with van der Waals surface area (Å²) in [5.41, 5.74) is 5.47. The summed E-state index contributed by atoms with van der Waals surface area (Å²) in [4.78, 5) is 23.3. The van der Waals surface area contributed by atoms with Crippen molar-refractivity contribution < 1.29 is 9.18 Å². The van der Waals surface area contributed by atoms with E-state index in [-0.39, 0.29) is 17.8 Å². The number of pyridine rings is 1. The van der Waals surface area contributed by atoms with Crippen LogP contribution < -0.4 is 16.6 Å². The Morgan fingerprint density at radius 2 is 2.10 bits per heavy atom. The normalized spacial score (nSPS) is 10.3. The fourth-order valence-electron chi connectivity index (χ4n) is 1.61. The Kier molecular flexibility index (Phi) is 4.05. The van der Waals surface area contributed by atoms with Crippen molar-refractivity contribution in [2.45, 2.75) is 6.54 Å². The van der Waals surface area contributed by atoms with Gasteiger partial charge in [-0.1, -0.05) is 11.6 Å². The fourth-order valence-corrected chi connectivity index (χ4v) is 1.78. The highest BCUT2D eigenvalue weighted by atomic mass is 35.5. The average molecular weight is 296 g/mol. The van der Waals surface area contributed by atoms with Gasteiger partial charge in [-0.2, -0.15) is 0 Å². The molecule has 0 saturated heterocycles. The SMILES string of the molecule is Nc1ccc(=O)n(CC(=O)Nc2cc(Cl)ccc2F)c1. The van der Waals surface area contributed by atoms with Crippen molar-refractivity contribution in [3.8, 4) is 0 Å². The molecule has 0 fully saturated rings. The monoisotopic (exact) mass is 295 g/mol. The van der Waals surface area contributed by atoms with Crippen LogP contribution in [-0.2, 0) is 11.3 Å². The predicted octanol–water partition coefficient (Wildman–Crippen LogP) is 1.86. The van der Waals surface area contributed by atoms with Crippen LogP contribution >= 0.6 is 11.6 Å². The van der Waals surface area contributed by atoms with Gasteiger partial charge in [-0.25, -0.2) is 4.39 Å². The number of hydrogen-bond donors (Lipinski definition) is 2. The molecule has 104 valence electrons. The van der Waals surface area contributed by atoms with E-state index in [2.05, 4.69) is 5.32 Å². The number of nitrogens with zero attached hydrogens (tertiary/aromatic N) is 1. The maximum atomic E-state index is 13.5. The molecule has 2 rings (SSSR count). The van der Waals surface area contributed by atoms with E-state index >= 15 is 0 Å². The molecule has 0 spiro atoms. The van der Waals surface area contributed by atoms with Crippen molar-refractivity contribution in [1.82, 2.24) is 4.57 Å². The van der Waals surface area contributed by atoms with Crippen molar-refractivity contribution in [2.75, 3.05) is 11.1 Å². The third-order valence-corrected chi connectivity index (χ3v) is 2.76. The van der Waals surface area contributed by atoms with E-state index in [9.17, 15) is 14.0 Å². The Labute approximate surface area is 118 Å². The second-order valence-corrected chi connectivity index (χ2v) is 4.54. The summed E-state index contributed by atoms with van der Waals surface area (Å²) in [6.45, 7) is -0.268. The lowest BCUT2D eigenvalue weighted by molar-refractivity contribution is -0.116. The topological polar surface area (TPSA) is 77.1 Å². The number of nitrogens with two attached hydrogens (primary N) is 1. The Morgan fingerprint density at radius 3 is 2.85 bits per heavy atom. The summed E-state index contributed by atoms with van der Waals surface area (Å²) in [5.74, 6) is -1.17. The van der Waals surface area contributed by atoms with E-state index in [0.717, 1.165) is 10.6 Å². The molecule has 20 heavy (non-hydrogen) atoms. The van der Waals surface area contributed by atoms with Crippen LogP contribution in [0.15, 0.2) is 41.3 Å². The maximum absolute atomic E-state index is 13.5. The fraction of sp³-hybridized carbons (Fsp3) is 0.0769. The van der Waals surface area contributed by atoms with Crippen molar-refractivity contribution in [2.24, 2.45) is 0 Å². The Bertz CT molecular complexity index is 715. The van der Waals surface area contributed by atoms with Gasteiger partial charge in [-0.05, 0) is 24.3 Å². The zero-order valence-corrected chi connectivity index (χ0v) is 11.0. The second-order valence-electron chi connectivity index (χ2n) is 4.10. The minimum Gasteiger partial charge on any atom is -0.398 e. The van der Waals surface area contributed by atoms with Crippen LogP contribution in [0.2, 0.25) is 5.02 Å². The zero-order valence-electron chi connectivity index (χ0n) is 10.3. The number of halogens is 2. The van der Waals surface area contributed by atoms with Crippen LogP contribution in [0.3, 0.4) is 0 Å². The summed E-state index contributed by atoms with van der Waals surface area (Å²) < 4.78 is 14.6. The molecule has 7 heteroatoms. The number of carbonyl (C=O) groups excluding carboxylic acids is 1. The second kappa shape index (κ2) is 5.75. The summed E-state index contributed by atoms with van der Waals surface area (Å²) in [6, 6.07) is 6.49. The van der Waals surface area contributed by atoms with Crippen LogP contribution in [0.1, 0.15) is 0 Å². The molecule has 0 bridgehead atoms. The molecule has 0 aliphatic heterocycles. The van der Waals surface area contributed by atoms with Gasteiger partial charge in [-0.15, -0.1) is 0 Å². The predicted molar refractivity (Wildman–Crippen MR) is 75.2 cm³/mol. The van der Waals surface area contributed by atoms with Gasteiger partial charge in [0.2, 0.25) is 5.91 Å². The molecule has 1 aromatic heterocycles. The first-order valence-corrected chi connectivity index (χ1v) is 6.04. The van der Waals surface area contributed by atoms with Gasteiger partial charge in [0.05, 0.1) is 5.69 Å². The van der Waals surface area contributed by atoms with E-state index in [1.165, 1.54) is 30.5 Å². The van der Waals surface area contributed by atoms with Crippen LogP contribution in [0.4, 0.5) is 15.8 Å². The number of aromatic nitrogens is 1. The number of rotatable bonds is 3. The Balaban J connectivity index is 2.15. The molecular weight excluding hydrogens is 285 g/mol. The smallest absolute Gasteiger partial charge is 0.251 e. The van der Waals surface area contributed by atoms with Gasteiger partial charge in [0, 0.05) is 23.0 Å². The molecule has 5 nitrogen and oxygen atoms in total. The first kappa shape index (κ1) is 14.1. The highest BCUT2D eigenvalue weighted by Gasteiger charge is 2.09.